The summed E-state index contributed by atoms with van der Waals surface area (Å²) in [6.07, 6.45) is 5.82. The quantitative estimate of drug-likeness (QED) is 0.508. The summed E-state index contributed by atoms with van der Waals surface area (Å²) >= 11 is 1.34. The largest absolute Gasteiger partial charge is 0.496 e. The summed E-state index contributed by atoms with van der Waals surface area (Å²) in [7, 11) is 1.57. The smallest absolute Gasteiger partial charge is 0.281 e. The number of hydrogen-bond donors (Lipinski definition) is 1. The molecule has 1 aromatic carbocycles. The van der Waals surface area contributed by atoms with Gasteiger partial charge in [0, 0.05) is 22.6 Å². The van der Waals surface area contributed by atoms with Gasteiger partial charge >= 0.3 is 0 Å². The minimum Gasteiger partial charge on any atom is -0.496 e. The molecule has 0 radical (unpaired) electrons. The van der Waals surface area contributed by atoms with E-state index in [0.29, 0.717) is 27.3 Å². The van der Waals surface area contributed by atoms with Crippen molar-refractivity contribution in [2.75, 3.05) is 12.5 Å². The van der Waals surface area contributed by atoms with Crippen LogP contribution in [0.2, 0.25) is 0 Å². The Morgan fingerprint density at radius 1 is 1.34 bits per heavy atom. The van der Waals surface area contributed by atoms with E-state index in [4.69, 9.17) is 9.15 Å². The Morgan fingerprint density at radius 2 is 2.21 bits per heavy atom. The maximum atomic E-state index is 12.9. The minimum absolute atomic E-state index is 0.377. The van der Waals surface area contributed by atoms with Gasteiger partial charge in [-0.05, 0) is 37.3 Å². The molecular weight excluding hydrogens is 390 g/mol. The van der Waals surface area contributed by atoms with Crippen molar-refractivity contribution in [3.8, 4) is 17.1 Å². The van der Waals surface area contributed by atoms with Crippen molar-refractivity contribution in [1.29, 1.82) is 0 Å². The summed E-state index contributed by atoms with van der Waals surface area (Å²) in [5.74, 6) is 0.763. The van der Waals surface area contributed by atoms with Crippen LogP contribution in [0.1, 0.15) is 11.1 Å². The maximum Gasteiger partial charge on any atom is 0.281 e. The van der Waals surface area contributed by atoms with Gasteiger partial charge in [0.1, 0.15) is 22.7 Å². The molecule has 3 aromatic heterocycles. The molecule has 29 heavy (non-hydrogen) atoms. The molecule has 4 aromatic rings. The van der Waals surface area contributed by atoms with Crippen LogP contribution in [0.5, 0.6) is 5.75 Å². The highest BCUT2D eigenvalue weighted by Gasteiger charge is 2.15. The average molecular weight is 407 g/mol. The van der Waals surface area contributed by atoms with Crippen molar-refractivity contribution in [3.05, 3.63) is 75.9 Å². The number of aromatic nitrogens is 2. The summed E-state index contributed by atoms with van der Waals surface area (Å²) in [5.41, 5.74) is 4.61. The number of aryl methyl sites for hydroxylation is 1. The van der Waals surface area contributed by atoms with Crippen molar-refractivity contribution >= 4 is 33.5 Å². The Kier molecular flexibility index (Phi) is 5.01. The Hall–Kier alpha value is -3.65. The molecule has 0 unspecified atom stereocenters. The number of ether oxygens (including phenoxy) is 1. The van der Waals surface area contributed by atoms with E-state index in [0.717, 1.165) is 15.8 Å². The van der Waals surface area contributed by atoms with E-state index in [1.165, 1.54) is 23.7 Å². The third-order valence-corrected chi connectivity index (χ3v) is 5.20. The van der Waals surface area contributed by atoms with Crippen LogP contribution in [0.4, 0.5) is 0 Å². The molecule has 0 aliphatic heterocycles. The molecule has 0 aliphatic rings. The molecule has 1 amide bonds. The van der Waals surface area contributed by atoms with Crippen LogP contribution in [-0.4, -0.2) is 22.7 Å². The van der Waals surface area contributed by atoms with Gasteiger partial charge in [0.15, 0.2) is 0 Å². The zero-order valence-electron chi connectivity index (χ0n) is 15.7. The lowest BCUT2D eigenvalue weighted by Gasteiger charge is -2.07. The minimum atomic E-state index is -0.466. The normalized spacial score (nSPS) is 11.2. The number of fused-ring (bicyclic) bond motifs is 1. The number of furan rings is 1. The van der Waals surface area contributed by atoms with E-state index in [1.807, 2.05) is 30.5 Å². The number of carbonyl (C=O) groups is 1. The molecule has 0 saturated heterocycles. The van der Waals surface area contributed by atoms with Crippen molar-refractivity contribution in [2.24, 2.45) is 0 Å². The molecule has 0 spiro atoms. The van der Waals surface area contributed by atoms with Gasteiger partial charge in [-0.1, -0.05) is 11.6 Å². The number of amides is 1. The maximum absolute atomic E-state index is 12.9. The Bertz CT molecular complexity index is 1270. The molecule has 0 fully saturated rings. The van der Waals surface area contributed by atoms with Crippen LogP contribution in [0.3, 0.4) is 0 Å². The van der Waals surface area contributed by atoms with Crippen molar-refractivity contribution < 1.29 is 13.9 Å². The van der Waals surface area contributed by atoms with Gasteiger partial charge in [-0.25, -0.2) is 9.66 Å². The Labute approximate surface area is 169 Å². The Balaban J connectivity index is 1.62. The lowest BCUT2D eigenvalue weighted by Crippen LogP contribution is -2.32. The number of rotatable bonds is 5. The third-order valence-electron chi connectivity index (χ3n) is 4.31. The second-order valence-corrected chi connectivity index (χ2v) is 7.14. The second kappa shape index (κ2) is 7.76. The fraction of sp³-hybridized carbons (Fsp3) is 0.0952. The van der Waals surface area contributed by atoms with E-state index in [9.17, 15) is 9.59 Å². The number of thiophene rings is 1. The van der Waals surface area contributed by atoms with Crippen LogP contribution in [0.25, 0.3) is 27.6 Å². The number of benzene rings is 1. The van der Waals surface area contributed by atoms with Crippen LogP contribution >= 0.6 is 11.3 Å². The van der Waals surface area contributed by atoms with Crippen LogP contribution in [-0.2, 0) is 4.79 Å². The fourth-order valence-electron chi connectivity index (χ4n) is 2.93. The molecule has 0 saturated carbocycles. The summed E-state index contributed by atoms with van der Waals surface area (Å²) in [5, 5.41) is 2.21. The second-order valence-electron chi connectivity index (χ2n) is 6.28. The zero-order chi connectivity index (χ0) is 20.4. The SMILES string of the molecule is COc1ccc(C)cc1/C=C/C(=O)Nn1cnc2scc(-c3ccco3)c2c1=O. The fourth-order valence-corrected chi connectivity index (χ4v) is 3.82. The van der Waals surface area contributed by atoms with Gasteiger partial charge in [-0.3, -0.25) is 15.0 Å². The topological polar surface area (TPSA) is 86.4 Å². The summed E-state index contributed by atoms with van der Waals surface area (Å²) < 4.78 is 11.8. The van der Waals surface area contributed by atoms with E-state index in [1.54, 1.807) is 31.6 Å². The highest BCUT2D eigenvalue weighted by molar-refractivity contribution is 7.17. The van der Waals surface area contributed by atoms with E-state index in [-0.39, 0.29) is 5.56 Å². The first-order chi connectivity index (χ1) is 14.1. The number of carbonyl (C=O) groups excluding carboxylic acids is 1. The van der Waals surface area contributed by atoms with Crippen molar-refractivity contribution in [3.63, 3.8) is 0 Å². The summed E-state index contributed by atoms with van der Waals surface area (Å²) in [6.45, 7) is 1.95. The number of nitrogens with one attached hydrogen (secondary N) is 1. The zero-order valence-corrected chi connectivity index (χ0v) is 16.5. The molecule has 8 heteroatoms. The molecule has 146 valence electrons. The third kappa shape index (κ3) is 3.70. The molecule has 7 nitrogen and oxygen atoms in total. The van der Waals surface area contributed by atoms with Gasteiger partial charge in [-0.15, -0.1) is 11.3 Å². The van der Waals surface area contributed by atoms with E-state index in [2.05, 4.69) is 10.4 Å². The van der Waals surface area contributed by atoms with Gasteiger partial charge in [-0.2, -0.15) is 0 Å². The first-order valence-electron chi connectivity index (χ1n) is 8.73. The Morgan fingerprint density at radius 3 is 2.97 bits per heavy atom. The van der Waals surface area contributed by atoms with Gasteiger partial charge in [0.2, 0.25) is 0 Å². The van der Waals surface area contributed by atoms with Gasteiger partial charge in [0.25, 0.3) is 11.5 Å². The van der Waals surface area contributed by atoms with E-state index >= 15 is 0 Å². The molecule has 1 N–H and O–H groups in total. The first-order valence-corrected chi connectivity index (χ1v) is 9.61. The standard InChI is InChI=1S/C21H17N3O4S/c1-13-5-7-16(27-2)14(10-13)6-8-18(25)23-24-12-22-20-19(21(24)26)15(11-29-20)17-4-3-9-28-17/h3-12H,1-2H3,(H,23,25)/b8-6+. The molecule has 0 atom stereocenters. The van der Waals surface area contributed by atoms with Crippen LogP contribution < -0.4 is 15.7 Å². The predicted octanol–water partition coefficient (Wildman–Crippen LogP) is 3.82. The van der Waals surface area contributed by atoms with Crippen LogP contribution in [0.15, 0.2) is 63.6 Å². The van der Waals surface area contributed by atoms with Gasteiger partial charge in [0.05, 0.1) is 18.8 Å². The van der Waals surface area contributed by atoms with Crippen molar-refractivity contribution in [1.82, 2.24) is 9.66 Å². The van der Waals surface area contributed by atoms with E-state index < -0.39 is 5.91 Å². The molecule has 3 heterocycles. The van der Waals surface area contributed by atoms with Crippen molar-refractivity contribution in [2.45, 2.75) is 6.92 Å². The first kappa shape index (κ1) is 18.7. The molecule has 4 rings (SSSR count). The highest BCUT2D eigenvalue weighted by Crippen LogP contribution is 2.30. The average Bonchev–Trinajstić information content (AvgIpc) is 3.38. The molecule has 0 bridgehead atoms. The lowest BCUT2D eigenvalue weighted by molar-refractivity contribution is -0.112. The van der Waals surface area contributed by atoms with Crippen LogP contribution in [0, 0.1) is 6.92 Å². The number of nitrogens with zero attached hydrogens (tertiary/aromatic N) is 2. The van der Waals surface area contributed by atoms with Gasteiger partial charge < -0.3 is 9.15 Å². The monoisotopic (exact) mass is 407 g/mol. The molecular formula is C21H17N3O4S. The lowest BCUT2D eigenvalue weighted by atomic mass is 10.1. The highest BCUT2D eigenvalue weighted by atomic mass is 32.1. The number of methoxy groups -OCH3 is 1. The molecule has 0 aliphatic carbocycles. The summed E-state index contributed by atoms with van der Waals surface area (Å²) in [6, 6.07) is 9.19. The predicted molar refractivity (Wildman–Crippen MR) is 113 cm³/mol. The summed E-state index contributed by atoms with van der Waals surface area (Å²) in [4.78, 5) is 30.1. The number of hydrogen-bond acceptors (Lipinski definition) is 6.